The molecule has 1 atom stereocenters. The number of hydrogen-bond acceptors (Lipinski definition) is 5. The fourth-order valence-electron chi connectivity index (χ4n) is 3.35. The molecule has 2 aromatic carbocycles. The molecule has 3 heterocycles. The Bertz CT molecular complexity index is 1250. The molecule has 0 aliphatic carbocycles. The molecule has 0 saturated heterocycles. The second-order valence-electron chi connectivity index (χ2n) is 6.85. The largest absolute Gasteiger partial charge is 0.325 e. The highest BCUT2D eigenvalue weighted by atomic mass is 32.2. The molecular weight excluding hydrogens is 398 g/mol. The number of rotatable bonds is 4. The zero-order valence-electron chi connectivity index (χ0n) is 15.8. The van der Waals surface area contributed by atoms with Crippen LogP contribution in [0.1, 0.15) is 6.42 Å². The molecule has 0 fully saturated rings. The zero-order valence-corrected chi connectivity index (χ0v) is 16.6. The first-order valence-electron chi connectivity index (χ1n) is 9.42. The topological polar surface area (TPSA) is 88.9 Å². The second-order valence-corrected chi connectivity index (χ2v) is 8.10. The van der Waals surface area contributed by atoms with Crippen molar-refractivity contribution in [2.45, 2.75) is 16.6 Å². The SMILES string of the molecule is O=C(CC1Sc2ccccc2NC1=O)Nc1ccc(-n2cnc3ccccc32)nc1. The molecule has 5 rings (SSSR count). The number of aromatic nitrogens is 3. The van der Waals surface area contributed by atoms with Gasteiger partial charge in [0.25, 0.3) is 0 Å². The summed E-state index contributed by atoms with van der Waals surface area (Å²) >= 11 is 1.41. The Kier molecular flexibility index (Phi) is 4.68. The molecule has 148 valence electrons. The summed E-state index contributed by atoms with van der Waals surface area (Å²) in [4.78, 5) is 34.5. The number of carbonyl (C=O) groups is 2. The fraction of sp³-hybridized carbons (Fsp3) is 0.0909. The number of carbonyl (C=O) groups excluding carboxylic acids is 2. The number of thioether (sulfide) groups is 1. The maximum atomic E-state index is 12.5. The standard InChI is InChI=1S/C22H17N5O2S/c28-21(11-19-22(29)26-16-6-2-4-8-18(16)30-19)25-14-9-10-20(23-12-14)27-13-24-15-5-1-3-7-17(15)27/h1-10,12-13,19H,11H2,(H,25,28)(H,26,29). The van der Waals surface area contributed by atoms with Crippen molar-refractivity contribution < 1.29 is 9.59 Å². The molecule has 4 aromatic rings. The van der Waals surface area contributed by atoms with E-state index in [-0.39, 0.29) is 18.2 Å². The summed E-state index contributed by atoms with van der Waals surface area (Å²) in [5, 5.41) is 5.21. The predicted octanol–water partition coefficient (Wildman–Crippen LogP) is 3.86. The van der Waals surface area contributed by atoms with Crippen LogP contribution in [0.25, 0.3) is 16.9 Å². The van der Waals surface area contributed by atoms with Crippen LogP contribution in [0.3, 0.4) is 0 Å². The van der Waals surface area contributed by atoms with Crippen molar-refractivity contribution in [3.8, 4) is 5.82 Å². The van der Waals surface area contributed by atoms with E-state index in [0.717, 1.165) is 21.6 Å². The van der Waals surface area contributed by atoms with E-state index in [9.17, 15) is 9.59 Å². The minimum atomic E-state index is -0.468. The van der Waals surface area contributed by atoms with Gasteiger partial charge in [0, 0.05) is 11.3 Å². The Morgan fingerprint density at radius 3 is 2.77 bits per heavy atom. The molecule has 0 saturated carbocycles. The lowest BCUT2D eigenvalue weighted by molar-refractivity contribution is -0.120. The normalized spacial score (nSPS) is 15.5. The lowest BCUT2D eigenvalue weighted by atomic mass is 10.2. The summed E-state index contributed by atoms with van der Waals surface area (Å²) in [7, 11) is 0. The number of nitrogens with zero attached hydrogens (tertiary/aromatic N) is 3. The van der Waals surface area contributed by atoms with Gasteiger partial charge in [0.15, 0.2) is 0 Å². The molecule has 0 spiro atoms. The van der Waals surface area contributed by atoms with Crippen LogP contribution in [-0.4, -0.2) is 31.6 Å². The third-order valence-electron chi connectivity index (χ3n) is 4.81. The number of amides is 2. The van der Waals surface area contributed by atoms with Gasteiger partial charge in [0.1, 0.15) is 12.1 Å². The smallest absolute Gasteiger partial charge is 0.238 e. The molecule has 7 nitrogen and oxygen atoms in total. The molecule has 0 radical (unpaired) electrons. The minimum Gasteiger partial charge on any atom is -0.325 e. The van der Waals surface area contributed by atoms with Crippen LogP contribution in [0.5, 0.6) is 0 Å². The van der Waals surface area contributed by atoms with E-state index in [2.05, 4.69) is 20.6 Å². The minimum absolute atomic E-state index is 0.0821. The Morgan fingerprint density at radius 2 is 1.90 bits per heavy atom. The van der Waals surface area contributed by atoms with E-state index < -0.39 is 5.25 Å². The highest BCUT2D eigenvalue weighted by Crippen LogP contribution is 2.36. The van der Waals surface area contributed by atoms with E-state index in [1.807, 2.05) is 59.2 Å². The quantitative estimate of drug-likeness (QED) is 0.528. The number of benzene rings is 2. The molecular formula is C22H17N5O2S. The van der Waals surface area contributed by atoms with Gasteiger partial charge in [-0.15, -0.1) is 11.8 Å². The van der Waals surface area contributed by atoms with E-state index in [1.165, 1.54) is 11.8 Å². The Balaban J connectivity index is 1.26. The van der Waals surface area contributed by atoms with Crippen molar-refractivity contribution in [3.63, 3.8) is 0 Å². The van der Waals surface area contributed by atoms with E-state index >= 15 is 0 Å². The molecule has 2 N–H and O–H groups in total. The first-order chi connectivity index (χ1) is 14.7. The monoisotopic (exact) mass is 415 g/mol. The summed E-state index contributed by atoms with van der Waals surface area (Å²) in [5.74, 6) is 0.319. The second kappa shape index (κ2) is 7.64. The molecule has 2 aromatic heterocycles. The molecule has 1 aliphatic heterocycles. The molecule has 1 aliphatic rings. The number of hydrogen-bond donors (Lipinski definition) is 2. The maximum absolute atomic E-state index is 12.5. The first kappa shape index (κ1) is 18.4. The van der Waals surface area contributed by atoms with Crippen LogP contribution in [0.2, 0.25) is 0 Å². The van der Waals surface area contributed by atoms with Gasteiger partial charge >= 0.3 is 0 Å². The number of nitrogens with one attached hydrogen (secondary N) is 2. The van der Waals surface area contributed by atoms with Gasteiger partial charge in [-0.3, -0.25) is 14.2 Å². The van der Waals surface area contributed by atoms with Gasteiger partial charge in [-0.1, -0.05) is 24.3 Å². The van der Waals surface area contributed by atoms with Crippen molar-refractivity contribution in [1.29, 1.82) is 0 Å². The summed E-state index contributed by atoms with van der Waals surface area (Å²) in [5.41, 5.74) is 3.22. The predicted molar refractivity (Wildman–Crippen MR) is 117 cm³/mol. The fourth-order valence-corrected chi connectivity index (χ4v) is 4.46. The van der Waals surface area contributed by atoms with Crippen LogP contribution >= 0.6 is 11.8 Å². The van der Waals surface area contributed by atoms with Crippen LogP contribution in [-0.2, 0) is 9.59 Å². The van der Waals surface area contributed by atoms with Gasteiger partial charge < -0.3 is 10.6 Å². The van der Waals surface area contributed by atoms with Gasteiger partial charge in [-0.05, 0) is 36.4 Å². The molecule has 0 bridgehead atoms. The number of imidazole rings is 1. The van der Waals surface area contributed by atoms with Gasteiger partial charge in [0.2, 0.25) is 11.8 Å². The zero-order chi connectivity index (χ0) is 20.5. The van der Waals surface area contributed by atoms with E-state index in [4.69, 9.17) is 0 Å². The highest BCUT2D eigenvalue weighted by Gasteiger charge is 2.28. The lowest BCUT2D eigenvalue weighted by Crippen LogP contribution is -2.32. The van der Waals surface area contributed by atoms with Crippen LogP contribution in [0.4, 0.5) is 11.4 Å². The van der Waals surface area contributed by atoms with Crippen molar-refractivity contribution in [3.05, 3.63) is 73.2 Å². The average molecular weight is 415 g/mol. The number of anilines is 2. The number of para-hydroxylation sites is 3. The van der Waals surface area contributed by atoms with Crippen molar-refractivity contribution in [1.82, 2.24) is 14.5 Å². The molecule has 30 heavy (non-hydrogen) atoms. The Hall–Kier alpha value is -3.65. The van der Waals surface area contributed by atoms with E-state index in [0.29, 0.717) is 11.5 Å². The number of fused-ring (bicyclic) bond motifs is 2. The summed E-state index contributed by atoms with van der Waals surface area (Å²) in [6.07, 6.45) is 3.41. The summed E-state index contributed by atoms with van der Waals surface area (Å²) in [6, 6.07) is 19.0. The lowest BCUT2D eigenvalue weighted by Gasteiger charge is -2.23. The summed E-state index contributed by atoms with van der Waals surface area (Å²) < 4.78 is 1.89. The number of pyridine rings is 1. The average Bonchev–Trinajstić information content (AvgIpc) is 3.19. The van der Waals surface area contributed by atoms with Crippen molar-refractivity contribution >= 4 is 46.0 Å². The first-order valence-corrected chi connectivity index (χ1v) is 10.3. The Labute approximate surface area is 176 Å². The molecule has 1 unspecified atom stereocenters. The van der Waals surface area contributed by atoms with Gasteiger partial charge in [0.05, 0.1) is 33.9 Å². The third-order valence-corrected chi connectivity index (χ3v) is 6.08. The van der Waals surface area contributed by atoms with Crippen molar-refractivity contribution in [2.24, 2.45) is 0 Å². The van der Waals surface area contributed by atoms with E-state index in [1.54, 1.807) is 18.6 Å². The highest BCUT2D eigenvalue weighted by molar-refractivity contribution is 8.01. The van der Waals surface area contributed by atoms with Crippen molar-refractivity contribution in [2.75, 3.05) is 10.6 Å². The van der Waals surface area contributed by atoms with Gasteiger partial charge in [-0.2, -0.15) is 0 Å². The summed E-state index contributed by atoms with van der Waals surface area (Å²) in [6.45, 7) is 0. The maximum Gasteiger partial charge on any atom is 0.238 e. The molecule has 2 amide bonds. The van der Waals surface area contributed by atoms with Gasteiger partial charge in [-0.25, -0.2) is 9.97 Å². The third kappa shape index (κ3) is 3.53. The Morgan fingerprint density at radius 1 is 1.07 bits per heavy atom. The van der Waals surface area contributed by atoms with Crippen LogP contribution in [0.15, 0.2) is 78.1 Å². The van der Waals surface area contributed by atoms with Crippen LogP contribution < -0.4 is 10.6 Å². The van der Waals surface area contributed by atoms with Crippen LogP contribution in [0, 0.1) is 0 Å². The molecule has 8 heteroatoms.